The highest BCUT2D eigenvalue weighted by molar-refractivity contribution is 6.33. The number of nitro groups is 1. The summed E-state index contributed by atoms with van der Waals surface area (Å²) in [4.78, 5) is 47.8. The third-order valence-electron chi connectivity index (χ3n) is 4.33. The summed E-state index contributed by atoms with van der Waals surface area (Å²) in [7, 11) is 1.52. The summed E-state index contributed by atoms with van der Waals surface area (Å²) in [5.74, 6) is -0.659. The predicted molar refractivity (Wildman–Crippen MR) is 117 cm³/mol. The first-order valence-corrected chi connectivity index (χ1v) is 9.54. The summed E-state index contributed by atoms with van der Waals surface area (Å²) in [6.07, 6.45) is 2.71. The maximum Gasteiger partial charge on any atom is 0.329 e. The van der Waals surface area contributed by atoms with E-state index in [0.717, 1.165) is 4.90 Å². The molecule has 0 bridgehead atoms. The van der Waals surface area contributed by atoms with Crippen LogP contribution >= 0.6 is 11.6 Å². The number of nitrogens with one attached hydrogen (secondary N) is 2. The highest BCUT2D eigenvalue weighted by Crippen LogP contribution is 2.19. The summed E-state index contributed by atoms with van der Waals surface area (Å²) in [6, 6.07) is 11.4. The van der Waals surface area contributed by atoms with Gasteiger partial charge in [0.1, 0.15) is 18.0 Å². The second kappa shape index (κ2) is 9.75. The largest absolute Gasteiger partial charge is 0.497 e. The molecule has 1 aliphatic rings. The third kappa shape index (κ3) is 5.49. The number of halogens is 1. The van der Waals surface area contributed by atoms with Crippen molar-refractivity contribution in [2.45, 2.75) is 0 Å². The molecule has 0 spiro atoms. The molecule has 0 unspecified atom stereocenters. The van der Waals surface area contributed by atoms with Crippen LogP contribution in [0.2, 0.25) is 0 Å². The minimum absolute atomic E-state index is 0.0709. The molecule has 32 heavy (non-hydrogen) atoms. The fourth-order valence-electron chi connectivity index (χ4n) is 2.76. The molecule has 4 amide bonds. The van der Waals surface area contributed by atoms with Gasteiger partial charge >= 0.3 is 6.03 Å². The summed E-state index contributed by atoms with van der Waals surface area (Å²) in [5, 5.41) is 15.8. The Kier molecular flexibility index (Phi) is 6.86. The number of anilines is 1. The van der Waals surface area contributed by atoms with Crippen LogP contribution in [0.25, 0.3) is 6.08 Å². The van der Waals surface area contributed by atoms with Crippen LogP contribution in [-0.2, 0) is 9.59 Å². The van der Waals surface area contributed by atoms with E-state index in [4.69, 9.17) is 16.3 Å². The van der Waals surface area contributed by atoms with Gasteiger partial charge in [0.25, 0.3) is 11.6 Å². The average molecular weight is 457 g/mol. The summed E-state index contributed by atoms with van der Waals surface area (Å²) >= 11 is 6.14. The van der Waals surface area contributed by atoms with E-state index in [1.54, 1.807) is 24.3 Å². The lowest BCUT2D eigenvalue weighted by Crippen LogP contribution is -2.38. The topological polar surface area (TPSA) is 131 Å². The van der Waals surface area contributed by atoms with Gasteiger partial charge in [-0.3, -0.25) is 19.7 Å². The number of non-ortho nitro benzene ring substituents is 1. The Labute approximate surface area is 187 Å². The molecular weight excluding hydrogens is 440 g/mol. The van der Waals surface area contributed by atoms with Gasteiger partial charge in [-0.15, -0.1) is 0 Å². The van der Waals surface area contributed by atoms with E-state index in [1.165, 1.54) is 43.5 Å². The number of nitro benzene ring substituents is 1. The Morgan fingerprint density at radius 1 is 1.19 bits per heavy atom. The SMILES string of the molecule is COc1ccc(NC(=O)CN2C(=O)N/C(=C\C(Cl)=C\c3ccc([N+](=O)[O-])cc3)C2=O)cc1. The van der Waals surface area contributed by atoms with Crippen molar-refractivity contribution in [2.75, 3.05) is 19.0 Å². The molecular formula is C21H17ClN4O6. The van der Waals surface area contributed by atoms with Crippen molar-refractivity contribution in [2.24, 2.45) is 0 Å². The zero-order chi connectivity index (χ0) is 23.3. The minimum atomic E-state index is -0.758. The Hall–Kier alpha value is -4.18. The molecule has 10 nitrogen and oxygen atoms in total. The maximum absolute atomic E-state index is 12.5. The lowest BCUT2D eigenvalue weighted by molar-refractivity contribution is -0.384. The van der Waals surface area contributed by atoms with Crippen molar-refractivity contribution >= 4 is 46.9 Å². The number of hydrogen-bond donors (Lipinski definition) is 2. The van der Waals surface area contributed by atoms with Gasteiger partial charge in [-0.25, -0.2) is 9.69 Å². The fraction of sp³-hybridized carbons (Fsp3) is 0.0952. The zero-order valence-corrected chi connectivity index (χ0v) is 17.5. The average Bonchev–Trinajstić information content (AvgIpc) is 3.01. The van der Waals surface area contributed by atoms with Crippen molar-refractivity contribution in [3.05, 3.63) is 81.0 Å². The van der Waals surface area contributed by atoms with E-state index >= 15 is 0 Å². The van der Waals surface area contributed by atoms with Crippen molar-refractivity contribution in [3.8, 4) is 5.75 Å². The van der Waals surface area contributed by atoms with Crippen LogP contribution in [0.3, 0.4) is 0 Å². The van der Waals surface area contributed by atoms with Crippen molar-refractivity contribution in [3.63, 3.8) is 0 Å². The number of allylic oxidation sites excluding steroid dienone is 2. The second-order valence-corrected chi connectivity index (χ2v) is 6.97. The Bertz CT molecular complexity index is 1130. The minimum Gasteiger partial charge on any atom is -0.497 e. The van der Waals surface area contributed by atoms with E-state index in [1.807, 2.05) is 0 Å². The first kappa shape index (κ1) is 22.5. The summed E-state index contributed by atoms with van der Waals surface area (Å²) < 4.78 is 5.04. The van der Waals surface area contributed by atoms with Gasteiger partial charge in [-0.2, -0.15) is 0 Å². The molecule has 0 saturated carbocycles. The number of hydrogen-bond acceptors (Lipinski definition) is 6. The van der Waals surface area contributed by atoms with Gasteiger partial charge in [0.2, 0.25) is 5.91 Å². The van der Waals surface area contributed by atoms with Crippen LogP contribution in [-0.4, -0.2) is 41.3 Å². The molecule has 11 heteroatoms. The molecule has 2 aromatic carbocycles. The van der Waals surface area contributed by atoms with Crippen molar-refractivity contribution in [1.29, 1.82) is 0 Å². The molecule has 1 aliphatic heterocycles. The van der Waals surface area contributed by atoms with Crippen LogP contribution in [0, 0.1) is 10.1 Å². The van der Waals surface area contributed by atoms with Crippen LogP contribution in [0.15, 0.2) is 65.3 Å². The van der Waals surface area contributed by atoms with Gasteiger partial charge in [-0.05, 0) is 54.1 Å². The molecule has 0 radical (unpaired) electrons. The first-order chi connectivity index (χ1) is 15.3. The standard InChI is InChI=1S/C21H17ClN4O6/c1-32-17-8-4-15(5-9-17)23-19(27)12-25-20(28)18(24-21(25)29)11-14(22)10-13-2-6-16(7-3-13)26(30)31/h2-11H,12H2,1H3,(H,23,27)(H,24,29)/b14-10-,18-11-. The Balaban J connectivity index is 1.65. The van der Waals surface area contributed by atoms with E-state index in [2.05, 4.69) is 10.6 Å². The molecule has 1 saturated heterocycles. The van der Waals surface area contributed by atoms with Crippen LogP contribution in [0.4, 0.5) is 16.2 Å². The Morgan fingerprint density at radius 2 is 1.84 bits per heavy atom. The third-order valence-corrected chi connectivity index (χ3v) is 4.55. The quantitative estimate of drug-likeness (QED) is 0.284. The summed E-state index contributed by atoms with van der Waals surface area (Å²) in [5.41, 5.74) is 0.867. The molecule has 2 N–H and O–H groups in total. The molecule has 1 fully saturated rings. The number of imide groups is 1. The molecule has 0 aromatic heterocycles. The molecule has 3 rings (SSSR count). The number of benzene rings is 2. The van der Waals surface area contributed by atoms with E-state index in [0.29, 0.717) is 17.0 Å². The highest BCUT2D eigenvalue weighted by Gasteiger charge is 2.35. The van der Waals surface area contributed by atoms with Crippen molar-refractivity contribution < 1.29 is 24.0 Å². The second-order valence-electron chi connectivity index (χ2n) is 6.53. The zero-order valence-electron chi connectivity index (χ0n) is 16.7. The van der Waals surface area contributed by atoms with Crippen LogP contribution in [0.1, 0.15) is 5.56 Å². The molecule has 0 atom stereocenters. The van der Waals surface area contributed by atoms with E-state index < -0.39 is 29.3 Å². The van der Waals surface area contributed by atoms with Gasteiger partial charge in [0, 0.05) is 22.9 Å². The number of carbonyl (C=O) groups excluding carboxylic acids is 3. The number of carbonyl (C=O) groups is 3. The maximum atomic E-state index is 12.5. The molecule has 164 valence electrons. The highest BCUT2D eigenvalue weighted by atomic mass is 35.5. The smallest absolute Gasteiger partial charge is 0.329 e. The van der Waals surface area contributed by atoms with Gasteiger partial charge in [-0.1, -0.05) is 11.6 Å². The molecule has 2 aromatic rings. The fourth-order valence-corrected chi connectivity index (χ4v) is 3.00. The number of amides is 4. The summed E-state index contributed by atoms with van der Waals surface area (Å²) in [6.45, 7) is -0.488. The molecule has 1 heterocycles. The Morgan fingerprint density at radius 3 is 2.44 bits per heavy atom. The number of nitrogens with zero attached hydrogens (tertiary/aromatic N) is 2. The first-order valence-electron chi connectivity index (χ1n) is 9.17. The number of ether oxygens (including phenoxy) is 1. The monoisotopic (exact) mass is 456 g/mol. The molecule has 0 aliphatic carbocycles. The van der Waals surface area contributed by atoms with Gasteiger partial charge in [0.05, 0.1) is 12.0 Å². The van der Waals surface area contributed by atoms with Crippen molar-refractivity contribution in [1.82, 2.24) is 10.2 Å². The van der Waals surface area contributed by atoms with Gasteiger partial charge < -0.3 is 15.4 Å². The predicted octanol–water partition coefficient (Wildman–Crippen LogP) is 3.26. The van der Waals surface area contributed by atoms with E-state index in [-0.39, 0.29) is 16.4 Å². The normalized spacial score (nSPS) is 15.0. The number of urea groups is 1. The van der Waals surface area contributed by atoms with Crippen LogP contribution in [0.5, 0.6) is 5.75 Å². The van der Waals surface area contributed by atoms with E-state index in [9.17, 15) is 24.5 Å². The lowest BCUT2D eigenvalue weighted by atomic mass is 10.2. The lowest BCUT2D eigenvalue weighted by Gasteiger charge is -2.12. The number of methoxy groups -OCH3 is 1. The van der Waals surface area contributed by atoms with Gasteiger partial charge in [0.15, 0.2) is 0 Å². The number of rotatable bonds is 7. The van der Waals surface area contributed by atoms with Crippen LogP contribution < -0.4 is 15.4 Å².